The summed E-state index contributed by atoms with van der Waals surface area (Å²) >= 11 is 1.36. The molecule has 0 saturated carbocycles. The monoisotopic (exact) mass is 367 g/mol. The Morgan fingerprint density at radius 1 is 1.12 bits per heavy atom. The van der Waals surface area contributed by atoms with Crippen molar-refractivity contribution in [1.29, 1.82) is 0 Å². The maximum absolute atomic E-state index is 12.5. The molecule has 0 atom stereocenters. The molecule has 0 aliphatic carbocycles. The summed E-state index contributed by atoms with van der Waals surface area (Å²) in [7, 11) is 1.82. The fourth-order valence-corrected chi connectivity index (χ4v) is 3.34. The van der Waals surface area contributed by atoms with Crippen LogP contribution in [0.25, 0.3) is 0 Å². The molecule has 7 heteroatoms. The number of nitrogens with zero attached hydrogens (tertiary/aromatic N) is 5. The van der Waals surface area contributed by atoms with E-state index in [1.54, 1.807) is 9.58 Å². The summed E-state index contributed by atoms with van der Waals surface area (Å²) in [6.07, 6.45) is 0. The van der Waals surface area contributed by atoms with Crippen molar-refractivity contribution >= 4 is 17.7 Å². The van der Waals surface area contributed by atoms with Crippen molar-refractivity contribution in [3.63, 3.8) is 0 Å². The Morgan fingerprint density at radius 2 is 1.85 bits per heavy atom. The van der Waals surface area contributed by atoms with E-state index >= 15 is 0 Å². The summed E-state index contributed by atoms with van der Waals surface area (Å²) in [5.74, 6) is 0.352. The van der Waals surface area contributed by atoms with E-state index in [4.69, 9.17) is 0 Å². The average molecular weight is 367 g/mol. The van der Waals surface area contributed by atoms with Gasteiger partial charge in [-0.05, 0) is 34.0 Å². The van der Waals surface area contributed by atoms with Gasteiger partial charge >= 0.3 is 0 Å². The summed E-state index contributed by atoms with van der Waals surface area (Å²) in [5.41, 5.74) is 3.46. The quantitative estimate of drug-likeness (QED) is 0.601. The third-order valence-electron chi connectivity index (χ3n) is 4.09. The molecule has 3 rings (SSSR count). The van der Waals surface area contributed by atoms with Crippen molar-refractivity contribution < 1.29 is 4.79 Å². The zero-order valence-corrected chi connectivity index (χ0v) is 15.7. The predicted octanol–water partition coefficient (Wildman–Crippen LogP) is 2.78. The van der Waals surface area contributed by atoms with Crippen LogP contribution in [0.4, 0.5) is 0 Å². The van der Waals surface area contributed by atoms with Gasteiger partial charge in [0, 0.05) is 13.6 Å². The molecular formula is C19H21N5OS. The molecule has 0 radical (unpaired) electrons. The Morgan fingerprint density at radius 3 is 2.62 bits per heavy atom. The van der Waals surface area contributed by atoms with Gasteiger partial charge in [-0.1, -0.05) is 66.4 Å². The number of thioether (sulfide) groups is 1. The number of benzene rings is 2. The second-order valence-corrected chi connectivity index (χ2v) is 7.01. The van der Waals surface area contributed by atoms with Gasteiger partial charge in [-0.15, -0.1) is 5.10 Å². The molecule has 1 heterocycles. The summed E-state index contributed by atoms with van der Waals surface area (Å²) < 4.78 is 1.72. The highest BCUT2D eigenvalue weighted by Gasteiger charge is 2.14. The van der Waals surface area contributed by atoms with Gasteiger partial charge in [0.25, 0.3) is 0 Å². The van der Waals surface area contributed by atoms with Crippen LogP contribution in [0.3, 0.4) is 0 Å². The van der Waals surface area contributed by atoms with E-state index in [0.29, 0.717) is 24.0 Å². The molecule has 6 nitrogen and oxygen atoms in total. The predicted molar refractivity (Wildman–Crippen MR) is 102 cm³/mol. The van der Waals surface area contributed by atoms with E-state index in [9.17, 15) is 4.79 Å². The second-order valence-electron chi connectivity index (χ2n) is 6.07. The Labute approximate surface area is 157 Å². The highest BCUT2D eigenvalue weighted by molar-refractivity contribution is 7.99. The van der Waals surface area contributed by atoms with Crippen LogP contribution < -0.4 is 0 Å². The molecule has 0 N–H and O–H groups in total. The highest BCUT2D eigenvalue weighted by Crippen LogP contribution is 2.17. The van der Waals surface area contributed by atoms with Gasteiger partial charge in [0.05, 0.1) is 12.3 Å². The maximum Gasteiger partial charge on any atom is 0.233 e. The minimum atomic E-state index is 0.0486. The lowest BCUT2D eigenvalue weighted by atomic mass is 10.1. The summed E-state index contributed by atoms with van der Waals surface area (Å²) in [6, 6.07) is 18.1. The van der Waals surface area contributed by atoms with Gasteiger partial charge in [0.1, 0.15) is 0 Å². The van der Waals surface area contributed by atoms with Gasteiger partial charge in [0.2, 0.25) is 11.1 Å². The van der Waals surface area contributed by atoms with Crippen LogP contribution in [-0.2, 0) is 17.9 Å². The third-order valence-corrected chi connectivity index (χ3v) is 5.04. The van der Waals surface area contributed by atoms with Crippen molar-refractivity contribution in [2.75, 3.05) is 12.8 Å². The van der Waals surface area contributed by atoms with Gasteiger partial charge < -0.3 is 4.90 Å². The van der Waals surface area contributed by atoms with Crippen LogP contribution in [0.15, 0.2) is 59.8 Å². The molecule has 1 aromatic heterocycles. The Kier molecular flexibility index (Phi) is 6.01. The molecule has 26 heavy (non-hydrogen) atoms. The molecule has 3 aromatic rings. The number of aromatic nitrogens is 4. The summed E-state index contributed by atoms with van der Waals surface area (Å²) in [6.45, 7) is 3.24. The minimum Gasteiger partial charge on any atom is -0.341 e. The first-order valence-electron chi connectivity index (χ1n) is 8.35. The lowest BCUT2D eigenvalue weighted by Crippen LogP contribution is -2.28. The van der Waals surface area contributed by atoms with Crippen LogP contribution in [0.2, 0.25) is 0 Å². The lowest BCUT2D eigenvalue weighted by molar-refractivity contribution is -0.127. The number of tetrazole rings is 1. The number of rotatable bonds is 7. The van der Waals surface area contributed by atoms with Crippen molar-refractivity contribution in [2.24, 2.45) is 0 Å². The zero-order chi connectivity index (χ0) is 18.4. The van der Waals surface area contributed by atoms with Crippen LogP contribution in [-0.4, -0.2) is 43.8 Å². The molecule has 0 aliphatic heterocycles. The van der Waals surface area contributed by atoms with Gasteiger partial charge in [-0.2, -0.15) is 0 Å². The lowest BCUT2D eigenvalue weighted by Gasteiger charge is -2.18. The van der Waals surface area contributed by atoms with E-state index < -0.39 is 0 Å². The van der Waals surface area contributed by atoms with Crippen molar-refractivity contribution in [3.8, 4) is 0 Å². The maximum atomic E-state index is 12.5. The average Bonchev–Trinajstić information content (AvgIpc) is 3.09. The Balaban J connectivity index is 1.56. The van der Waals surface area contributed by atoms with Crippen LogP contribution in [0, 0.1) is 6.92 Å². The minimum absolute atomic E-state index is 0.0486. The SMILES string of the molecule is Cc1ccccc1CN(C)C(=O)CSc1nnnn1Cc1ccccc1. The van der Waals surface area contributed by atoms with E-state index in [-0.39, 0.29) is 5.91 Å². The molecule has 0 saturated heterocycles. The van der Waals surface area contributed by atoms with Crippen LogP contribution in [0.1, 0.15) is 16.7 Å². The first-order valence-corrected chi connectivity index (χ1v) is 9.33. The Bertz CT molecular complexity index is 865. The van der Waals surface area contributed by atoms with Crippen molar-refractivity contribution in [3.05, 3.63) is 71.3 Å². The van der Waals surface area contributed by atoms with Crippen LogP contribution in [0.5, 0.6) is 0 Å². The van der Waals surface area contributed by atoms with E-state index in [2.05, 4.69) is 28.5 Å². The molecule has 0 unspecified atom stereocenters. The standard InChI is InChI=1S/C19H21N5OS/c1-15-8-6-7-11-17(15)13-23(2)18(25)14-26-19-20-21-22-24(19)12-16-9-4-3-5-10-16/h3-11H,12-14H2,1-2H3. The van der Waals surface area contributed by atoms with Gasteiger partial charge in [-0.25, -0.2) is 4.68 Å². The molecule has 0 bridgehead atoms. The fourth-order valence-electron chi connectivity index (χ4n) is 2.52. The zero-order valence-electron chi connectivity index (χ0n) is 14.9. The molecule has 0 spiro atoms. The number of carbonyl (C=O) groups excluding carboxylic acids is 1. The summed E-state index contributed by atoms with van der Waals surface area (Å²) in [4.78, 5) is 14.2. The highest BCUT2D eigenvalue weighted by atomic mass is 32.2. The van der Waals surface area contributed by atoms with E-state index in [0.717, 1.165) is 11.1 Å². The molecule has 1 amide bonds. The third kappa shape index (κ3) is 4.70. The van der Waals surface area contributed by atoms with E-state index in [1.165, 1.54) is 17.3 Å². The smallest absolute Gasteiger partial charge is 0.233 e. The topological polar surface area (TPSA) is 63.9 Å². The van der Waals surface area contributed by atoms with Gasteiger partial charge in [0.15, 0.2) is 0 Å². The number of aryl methyl sites for hydroxylation is 1. The molecule has 134 valence electrons. The fraction of sp³-hybridized carbons (Fsp3) is 0.263. The van der Waals surface area contributed by atoms with E-state index in [1.807, 2.05) is 55.6 Å². The van der Waals surface area contributed by atoms with Crippen molar-refractivity contribution in [2.45, 2.75) is 25.2 Å². The first-order chi connectivity index (χ1) is 12.6. The first kappa shape index (κ1) is 18.1. The summed E-state index contributed by atoms with van der Waals surface area (Å²) in [5, 5.41) is 12.4. The number of hydrogen-bond donors (Lipinski definition) is 0. The Hall–Kier alpha value is -2.67. The van der Waals surface area contributed by atoms with Crippen molar-refractivity contribution in [1.82, 2.24) is 25.1 Å². The number of carbonyl (C=O) groups is 1. The van der Waals surface area contributed by atoms with Gasteiger partial charge in [-0.3, -0.25) is 4.79 Å². The number of hydrogen-bond acceptors (Lipinski definition) is 5. The molecule has 2 aromatic carbocycles. The largest absolute Gasteiger partial charge is 0.341 e. The molecule has 0 aliphatic rings. The second kappa shape index (κ2) is 8.62. The van der Waals surface area contributed by atoms with Crippen LogP contribution >= 0.6 is 11.8 Å². The molecular weight excluding hydrogens is 346 g/mol. The number of amides is 1. The molecule has 0 fully saturated rings. The normalized spacial score (nSPS) is 10.7.